The summed E-state index contributed by atoms with van der Waals surface area (Å²) >= 11 is 0. The van der Waals surface area contributed by atoms with Crippen LogP contribution in [0, 0.1) is 0 Å². The standard InChI is InChI=1S/C11H17F3N2O2.ClH/c12-11(13,14)10(18)4-6-16(7-10)9(17)8-3-1-2-5-15-8;/h8,15,18H,1-7H2;1H. The molecule has 2 unspecified atom stereocenters. The van der Waals surface area contributed by atoms with E-state index in [1.807, 2.05) is 0 Å². The quantitative estimate of drug-likeness (QED) is 0.762. The number of nitrogens with zero attached hydrogens (tertiary/aromatic N) is 1. The van der Waals surface area contributed by atoms with E-state index in [0.717, 1.165) is 17.7 Å². The molecule has 19 heavy (non-hydrogen) atoms. The zero-order valence-electron chi connectivity index (χ0n) is 10.4. The zero-order valence-corrected chi connectivity index (χ0v) is 11.2. The van der Waals surface area contributed by atoms with Gasteiger partial charge in [0.2, 0.25) is 5.91 Å². The maximum Gasteiger partial charge on any atom is 0.419 e. The molecule has 1 amide bonds. The normalized spacial score (nSPS) is 32.0. The van der Waals surface area contributed by atoms with Gasteiger partial charge in [0.1, 0.15) is 0 Å². The molecule has 0 aliphatic carbocycles. The van der Waals surface area contributed by atoms with Crippen LogP contribution in [0.3, 0.4) is 0 Å². The number of halogens is 4. The van der Waals surface area contributed by atoms with Gasteiger partial charge in [0.25, 0.3) is 0 Å². The number of hydrogen-bond donors (Lipinski definition) is 2. The number of aliphatic hydroxyl groups is 1. The molecule has 0 spiro atoms. The molecule has 2 aliphatic rings. The summed E-state index contributed by atoms with van der Waals surface area (Å²) in [6.07, 6.45) is -2.58. The first-order valence-electron chi connectivity index (χ1n) is 6.15. The van der Waals surface area contributed by atoms with Gasteiger partial charge < -0.3 is 15.3 Å². The second kappa shape index (κ2) is 5.85. The van der Waals surface area contributed by atoms with Crippen molar-refractivity contribution in [3.63, 3.8) is 0 Å². The third-order valence-electron chi connectivity index (χ3n) is 3.70. The van der Waals surface area contributed by atoms with Crippen molar-refractivity contribution >= 4 is 18.3 Å². The highest BCUT2D eigenvalue weighted by Crippen LogP contribution is 2.37. The molecule has 2 atom stereocenters. The van der Waals surface area contributed by atoms with E-state index in [2.05, 4.69) is 5.32 Å². The van der Waals surface area contributed by atoms with Gasteiger partial charge in [-0.1, -0.05) is 6.42 Å². The Morgan fingerprint density at radius 1 is 1.37 bits per heavy atom. The highest BCUT2D eigenvalue weighted by atomic mass is 35.5. The van der Waals surface area contributed by atoms with Gasteiger partial charge in [-0.2, -0.15) is 13.2 Å². The van der Waals surface area contributed by atoms with Crippen LogP contribution in [0.5, 0.6) is 0 Å². The Kier molecular flexibility index (Phi) is 5.08. The number of nitrogens with one attached hydrogen (secondary N) is 1. The van der Waals surface area contributed by atoms with Gasteiger partial charge in [-0.05, 0) is 19.4 Å². The molecular formula is C11H18ClF3N2O2. The molecule has 2 N–H and O–H groups in total. The maximum atomic E-state index is 12.6. The van der Waals surface area contributed by atoms with Crippen LogP contribution >= 0.6 is 12.4 Å². The van der Waals surface area contributed by atoms with Gasteiger partial charge in [0.15, 0.2) is 5.60 Å². The topological polar surface area (TPSA) is 52.6 Å². The lowest BCUT2D eigenvalue weighted by molar-refractivity contribution is -0.253. The zero-order chi connectivity index (χ0) is 13.4. The molecule has 0 saturated carbocycles. The molecule has 0 aromatic heterocycles. The smallest absolute Gasteiger partial charge is 0.379 e. The molecule has 8 heteroatoms. The van der Waals surface area contributed by atoms with Crippen LogP contribution in [0.4, 0.5) is 13.2 Å². The first kappa shape index (κ1) is 16.5. The third-order valence-corrected chi connectivity index (χ3v) is 3.70. The molecule has 2 fully saturated rings. The lowest BCUT2D eigenvalue weighted by Crippen LogP contribution is -2.51. The van der Waals surface area contributed by atoms with Crippen molar-refractivity contribution in [2.24, 2.45) is 0 Å². The second-order valence-electron chi connectivity index (χ2n) is 5.04. The van der Waals surface area contributed by atoms with E-state index in [1.54, 1.807) is 0 Å². The summed E-state index contributed by atoms with van der Waals surface area (Å²) < 4.78 is 37.9. The Morgan fingerprint density at radius 2 is 2.05 bits per heavy atom. The molecule has 0 aromatic rings. The summed E-state index contributed by atoms with van der Waals surface area (Å²) in [5.74, 6) is -0.324. The van der Waals surface area contributed by atoms with Crippen LogP contribution in [0.25, 0.3) is 0 Å². The van der Waals surface area contributed by atoms with Crippen molar-refractivity contribution in [3.8, 4) is 0 Å². The van der Waals surface area contributed by atoms with E-state index in [4.69, 9.17) is 0 Å². The largest absolute Gasteiger partial charge is 0.419 e. The Hall–Kier alpha value is -0.530. The van der Waals surface area contributed by atoms with Crippen LogP contribution in [-0.2, 0) is 4.79 Å². The lowest BCUT2D eigenvalue weighted by atomic mass is 10.0. The van der Waals surface area contributed by atoms with Gasteiger partial charge >= 0.3 is 6.18 Å². The highest BCUT2D eigenvalue weighted by molar-refractivity contribution is 5.85. The molecule has 0 radical (unpaired) electrons. The molecule has 112 valence electrons. The number of hydrogen-bond acceptors (Lipinski definition) is 3. The predicted octanol–water partition coefficient (Wildman–Crippen LogP) is 1.08. The van der Waals surface area contributed by atoms with E-state index < -0.39 is 30.8 Å². The SMILES string of the molecule is Cl.O=C(C1CCCCN1)N1CCC(O)(C(F)(F)F)C1. The first-order valence-corrected chi connectivity index (χ1v) is 6.15. The maximum absolute atomic E-state index is 12.6. The van der Waals surface area contributed by atoms with Crippen LogP contribution in [0.1, 0.15) is 25.7 Å². The number of likely N-dealkylation sites (tertiary alicyclic amines) is 1. The Morgan fingerprint density at radius 3 is 2.53 bits per heavy atom. The minimum atomic E-state index is -4.68. The Balaban J connectivity index is 0.00000180. The molecule has 2 rings (SSSR count). The fraction of sp³-hybridized carbons (Fsp3) is 0.909. The number of amides is 1. The number of carbonyl (C=O) groups is 1. The van der Waals surface area contributed by atoms with Crippen LogP contribution in [0.15, 0.2) is 0 Å². The average molecular weight is 303 g/mol. The van der Waals surface area contributed by atoms with E-state index in [1.165, 1.54) is 0 Å². The molecule has 4 nitrogen and oxygen atoms in total. The van der Waals surface area contributed by atoms with E-state index in [0.29, 0.717) is 13.0 Å². The molecular weight excluding hydrogens is 285 g/mol. The molecule has 2 saturated heterocycles. The predicted molar refractivity (Wildman–Crippen MR) is 65.1 cm³/mol. The summed E-state index contributed by atoms with van der Waals surface area (Å²) in [7, 11) is 0. The van der Waals surface area contributed by atoms with Crippen LogP contribution in [-0.4, -0.2) is 53.4 Å². The fourth-order valence-corrected chi connectivity index (χ4v) is 2.50. The summed E-state index contributed by atoms with van der Waals surface area (Å²) in [6.45, 7) is 0.0360. The van der Waals surface area contributed by atoms with E-state index in [9.17, 15) is 23.1 Å². The van der Waals surface area contributed by atoms with Crippen molar-refractivity contribution in [2.75, 3.05) is 19.6 Å². The van der Waals surface area contributed by atoms with Crippen LogP contribution in [0.2, 0.25) is 0 Å². The molecule has 0 bridgehead atoms. The van der Waals surface area contributed by atoms with Crippen molar-refractivity contribution in [1.82, 2.24) is 10.2 Å². The van der Waals surface area contributed by atoms with E-state index >= 15 is 0 Å². The van der Waals surface area contributed by atoms with Crippen LogP contribution < -0.4 is 5.32 Å². The Bertz CT molecular complexity index is 334. The summed E-state index contributed by atoms with van der Waals surface area (Å²) in [4.78, 5) is 13.1. The van der Waals surface area contributed by atoms with Gasteiger partial charge in [0, 0.05) is 13.0 Å². The highest BCUT2D eigenvalue weighted by Gasteiger charge is 2.58. The first-order chi connectivity index (χ1) is 8.33. The van der Waals surface area contributed by atoms with Crippen molar-refractivity contribution in [3.05, 3.63) is 0 Å². The van der Waals surface area contributed by atoms with Crippen molar-refractivity contribution < 1.29 is 23.1 Å². The summed E-state index contributed by atoms with van der Waals surface area (Å²) in [5, 5.41) is 12.5. The van der Waals surface area contributed by atoms with Gasteiger partial charge in [0.05, 0.1) is 12.6 Å². The molecule has 2 aliphatic heterocycles. The Labute approximate surface area is 115 Å². The minimum Gasteiger partial charge on any atom is -0.379 e. The molecule has 0 aromatic carbocycles. The number of rotatable bonds is 1. The fourth-order valence-electron chi connectivity index (χ4n) is 2.50. The van der Waals surface area contributed by atoms with Crippen molar-refractivity contribution in [1.29, 1.82) is 0 Å². The van der Waals surface area contributed by atoms with Crippen molar-refractivity contribution in [2.45, 2.75) is 43.5 Å². The van der Waals surface area contributed by atoms with Gasteiger partial charge in [-0.3, -0.25) is 4.79 Å². The summed E-state index contributed by atoms with van der Waals surface area (Å²) in [5.41, 5.74) is -2.74. The number of alkyl halides is 3. The molecule has 2 heterocycles. The van der Waals surface area contributed by atoms with Gasteiger partial charge in [-0.15, -0.1) is 12.4 Å². The number of β-amino-alcohol motifs (C(OH)–C–C–N with tert-alkyl or cyclic N) is 1. The second-order valence-corrected chi connectivity index (χ2v) is 5.04. The average Bonchev–Trinajstić information content (AvgIpc) is 2.73. The number of carbonyl (C=O) groups excluding carboxylic acids is 1. The van der Waals surface area contributed by atoms with Gasteiger partial charge in [-0.25, -0.2) is 0 Å². The minimum absolute atomic E-state index is 0. The number of piperidine rings is 1. The van der Waals surface area contributed by atoms with E-state index in [-0.39, 0.29) is 24.9 Å². The summed E-state index contributed by atoms with van der Waals surface area (Å²) in [6, 6.07) is -0.394. The third kappa shape index (κ3) is 3.32. The monoisotopic (exact) mass is 302 g/mol. The lowest BCUT2D eigenvalue weighted by Gasteiger charge is -2.29.